The number of halogens is 1. The third kappa shape index (κ3) is 3.77. The monoisotopic (exact) mass is 283 g/mol. The number of hydrogen-bond acceptors (Lipinski definition) is 3. The van der Waals surface area contributed by atoms with Gasteiger partial charge < -0.3 is 14.8 Å². The highest BCUT2D eigenvalue weighted by Gasteiger charge is 2.20. The summed E-state index contributed by atoms with van der Waals surface area (Å²) < 4.78 is 11.4. The van der Waals surface area contributed by atoms with Crippen molar-refractivity contribution < 1.29 is 9.47 Å². The maximum atomic E-state index is 6.27. The summed E-state index contributed by atoms with van der Waals surface area (Å²) in [5.74, 6) is 1.44. The summed E-state index contributed by atoms with van der Waals surface area (Å²) in [6, 6.07) is 4.01. The van der Waals surface area contributed by atoms with Crippen LogP contribution in [0.4, 0.5) is 0 Å². The first-order valence-electron chi connectivity index (χ1n) is 6.92. The van der Waals surface area contributed by atoms with E-state index in [1.807, 2.05) is 13.1 Å². The van der Waals surface area contributed by atoms with Crippen molar-refractivity contribution in [2.75, 3.05) is 20.7 Å². The molecule has 1 N–H and O–H groups in total. The quantitative estimate of drug-likeness (QED) is 0.868. The molecule has 1 fully saturated rings. The normalized spacial score (nSPS) is 15.7. The summed E-state index contributed by atoms with van der Waals surface area (Å²) in [6.07, 6.45) is 5.99. The molecule has 0 radical (unpaired) electrons. The summed E-state index contributed by atoms with van der Waals surface area (Å²) in [6.45, 7) is 0.922. The average Bonchev–Trinajstić information content (AvgIpc) is 2.89. The van der Waals surface area contributed by atoms with E-state index in [1.165, 1.54) is 18.4 Å². The van der Waals surface area contributed by atoms with Gasteiger partial charge in [0.25, 0.3) is 0 Å². The van der Waals surface area contributed by atoms with Gasteiger partial charge in [0.2, 0.25) is 0 Å². The minimum Gasteiger partial charge on any atom is -0.491 e. The summed E-state index contributed by atoms with van der Waals surface area (Å²) in [7, 11) is 3.58. The van der Waals surface area contributed by atoms with E-state index in [9.17, 15) is 0 Å². The van der Waals surface area contributed by atoms with E-state index in [-0.39, 0.29) is 0 Å². The van der Waals surface area contributed by atoms with E-state index < -0.39 is 0 Å². The first-order chi connectivity index (χ1) is 9.24. The number of hydrogen-bond donors (Lipinski definition) is 1. The lowest BCUT2D eigenvalue weighted by molar-refractivity contribution is 0.200. The van der Waals surface area contributed by atoms with Gasteiger partial charge in [-0.3, -0.25) is 0 Å². The molecule has 0 aromatic heterocycles. The van der Waals surface area contributed by atoms with Gasteiger partial charge in [-0.2, -0.15) is 0 Å². The van der Waals surface area contributed by atoms with Gasteiger partial charge in [-0.25, -0.2) is 0 Å². The Morgan fingerprint density at radius 1 is 1.32 bits per heavy atom. The topological polar surface area (TPSA) is 30.5 Å². The van der Waals surface area contributed by atoms with Gasteiger partial charge in [-0.05, 0) is 63.4 Å². The second kappa shape index (κ2) is 7.01. The number of ether oxygens (including phenoxy) is 2. The van der Waals surface area contributed by atoms with E-state index >= 15 is 0 Å². The van der Waals surface area contributed by atoms with Gasteiger partial charge in [0.1, 0.15) is 0 Å². The zero-order chi connectivity index (χ0) is 13.7. The molecule has 0 saturated heterocycles. The Kier molecular flexibility index (Phi) is 5.34. The Labute approximate surface area is 120 Å². The van der Waals surface area contributed by atoms with Gasteiger partial charge in [0.05, 0.1) is 18.2 Å². The molecule has 0 unspecified atom stereocenters. The van der Waals surface area contributed by atoms with Gasteiger partial charge in [0.15, 0.2) is 11.5 Å². The second-order valence-corrected chi connectivity index (χ2v) is 5.39. The van der Waals surface area contributed by atoms with Crippen LogP contribution in [0.5, 0.6) is 11.5 Å². The van der Waals surface area contributed by atoms with E-state index in [1.54, 1.807) is 7.11 Å². The third-order valence-corrected chi connectivity index (χ3v) is 3.81. The highest BCUT2D eigenvalue weighted by atomic mass is 35.5. The Morgan fingerprint density at radius 3 is 2.68 bits per heavy atom. The molecule has 1 aromatic rings. The van der Waals surface area contributed by atoms with Crippen molar-refractivity contribution in [2.24, 2.45) is 0 Å². The molecule has 0 heterocycles. The van der Waals surface area contributed by atoms with E-state index in [0.717, 1.165) is 31.6 Å². The Balaban J connectivity index is 2.18. The molecular formula is C15H22ClNO2. The number of benzene rings is 1. The SMILES string of the molecule is CNCCc1cc(Cl)c(OC)c(OC2CCCC2)c1. The summed E-state index contributed by atoms with van der Waals surface area (Å²) in [4.78, 5) is 0. The van der Waals surface area contributed by atoms with Crippen LogP contribution in [0.1, 0.15) is 31.2 Å². The van der Waals surface area contributed by atoms with Crippen LogP contribution in [0, 0.1) is 0 Å². The number of nitrogens with one attached hydrogen (secondary N) is 1. The lowest BCUT2D eigenvalue weighted by atomic mass is 10.1. The molecule has 0 bridgehead atoms. The maximum absolute atomic E-state index is 6.27. The fourth-order valence-electron chi connectivity index (χ4n) is 2.51. The predicted octanol–water partition coefficient (Wildman–Crippen LogP) is 3.43. The highest BCUT2D eigenvalue weighted by molar-refractivity contribution is 6.32. The van der Waals surface area contributed by atoms with Crippen LogP contribution in [0.15, 0.2) is 12.1 Å². The summed E-state index contributed by atoms with van der Waals surface area (Å²) in [5.41, 5.74) is 1.17. The second-order valence-electron chi connectivity index (χ2n) is 4.99. The average molecular weight is 284 g/mol. The Hall–Kier alpha value is -0.930. The van der Waals surface area contributed by atoms with E-state index in [2.05, 4.69) is 11.4 Å². The van der Waals surface area contributed by atoms with E-state index in [4.69, 9.17) is 21.1 Å². The Bertz CT molecular complexity index is 417. The molecule has 3 nitrogen and oxygen atoms in total. The molecule has 4 heteroatoms. The van der Waals surface area contributed by atoms with Crippen molar-refractivity contribution >= 4 is 11.6 Å². The van der Waals surface area contributed by atoms with Crippen molar-refractivity contribution in [3.05, 3.63) is 22.7 Å². The largest absolute Gasteiger partial charge is 0.491 e. The van der Waals surface area contributed by atoms with Gasteiger partial charge in [-0.1, -0.05) is 11.6 Å². The first-order valence-corrected chi connectivity index (χ1v) is 7.30. The third-order valence-electron chi connectivity index (χ3n) is 3.53. The van der Waals surface area contributed by atoms with Gasteiger partial charge in [-0.15, -0.1) is 0 Å². The molecule has 1 aliphatic carbocycles. The standard InChI is InChI=1S/C15H22ClNO2/c1-17-8-7-11-9-13(16)15(18-2)14(10-11)19-12-5-3-4-6-12/h9-10,12,17H,3-8H2,1-2H3. The number of likely N-dealkylation sites (N-methyl/N-ethyl adjacent to an activating group) is 1. The molecule has 0 atom stereocenters. The van der Waals surface area contributed by atoms with Crippen LogP contribution in [0.3, 0.4) is 0 Å². The molecule has 106 valence electrons. The van der Waals surface area contributed by atoms with E-state index in [0.29, 0.717) is 16.9 Å². The number of methoxy groups -OCH3 is 1. The van der Waals surface area contributed by atoms with Crippen molar-refractivity contribution in [2.45, 2.75) is 38.2 Å². The fourth-order valence-corrected chi connectivity index (χ4v) is 2.82. The zero-order valence-corrected chi connectivity index (χ0v) is 12.4. The van der Waals surface area contributed by atoms with Crippen LogP contribution in [0.2, 0.25) is 5.02 Å². The lowest BCUT2D eigenvalue weighted by Crippen LogP contribution is -2.13. The molecule has 1 saturated carbocycles. The Morgan fingerprint density at radius 2 is 2.05 bits per heavy atom. The van der Waals surface area contributed by atoms with Gasteiger partial charge in [0, 0.05) is 0 Å². The zero-order valence-electron chi connectivity index (χ0n) is 11.7. The van der Waals surface area contributed by atoms with Crippen LogP contribution in [-0.4, -0.2) is 26.8 Å². The van der Waals surface area contributed by atoms with Crippen LogP contribution in [0.25, 0.3) is 0 Å². The van der Waals surface area contributed by atoms with Crippen molar-refractivity contribution in [3.8, 4) is 11.5 Å². The number of rotatable bonds is 6. The molecule has 1 aromatic carbocycles. The smallest absolute Gasteiger partial charge is 0.179 e. The molecule has 1 aliphatic rings. The summed E-state index contributed by atoms with van der Waals surface area (Å²) in [5, 5.41) is 3.77. The minimum absolute atomic E-state index is 0.310. The molecule has 0 amide bonds. The minimum atomic E-state index is 0.310. The highest BCUT2D eigenvalue weighted by Crippen LogP contribution is 2.38. The molecule has 2 rings (SSSR count). The molecule has 0 aliphatic heterocycles. The van der Waals surface area contributed by atoms with Crippen molar-refractivity contribution in [1.29, 1.82) is 0 Å². The molecule has 19 heavy (non-hydrogen) atoms. The molecular weight excluding hydrogens is 262 g/mol. The van der Waals surface area contributed by atoms with Gasteiger partial charge >= 0.3 is 0 Å². The van der Waals surface area contributed by atoms with Crippen LogP contribution < -0.4 is 14.8 Å². The maximum Gasteiger partial charge on any atom is 0.179 e. The first kappa shape index (κ1) is 14.5. The fraction of sp³-hybridized carbons (Fsp3) is 0.600. The van der Waals surface area contributed by atoms with Crippen molar-refractivity contribution in [3.63, 3.8) is 0 Å². The van der Waals surface area contributed by atoms with Crippen LogP contribution in [-0.2, 0) is 6.42 Å². The lowest BCUT2D eigenvalue weighted by Gasteiger charge is -2.18. The summed E-state index contributed by atoms with van der Waals surface area (Å²) >= 11 is 6.27. The van der Waals surface area contributed by atoms with Crippen LogP contribution >= 0.6 is 11.6 Å². The molecule has 0 spiro atoms. The van der Waals surface area contributed by atoms with Crippen molar-refractivity contribution in [1.82, 2.24) is 5.32 Å². The predicted molar refractivity (Wildman–Crippen MR) is 78.5 cm³/mol.